The zero-order chi connectivity index (χ0) is 33.2. The van der Waals surface area contributed by atoms with Gasteiger partial charge in [0.05, 0.1) is 0 Å². The molecule has 0 bridgehead atoms. The van der Waals surface area contributed by atoms with E-state index in [1.54, 1.807) is 7.05 Å². The Morgan fingerprint density at radius 1 is 0.531 bits per heavy atom. The topological polar surface area (TPSA) is 21.6 Å². The summed E-state index contributed by atoms with van der Waals surface area (Å²) >= 11 is 0. The van der Waals surface area contributed by atoms with Gasteiger partial charge in [-0.05, 0) is 97.1 Å². The third-order valence-corrected chi connectivity index (χ3v) is 9.42. The third-order valence-electron chi connectivity index (χ3n) is 9.42. The van der Waals surface area contributed by atoms with Crippen LogP contribution in [0.5, 0.6) is 0 Å². The summed E-state index contributed by atoms with van der Waals surface area (Å²) in [5, 5.41) is 2.58. The van der Waals surface area contributed by atoms with Gasteiger partial charge in [0.25, 0.3) is 0 Å². The largest absolute Gasteiger partial charge is 0.438 e. The standard InChI is InChI=1S/C47H37NO/c1-3-4-29-42(33-19-10-6-11-20-33)49-47(48-2)37-26-14-25-36(30-37)41-31-40(32-17-8-5-9-18-32)45-38-27-15-23-34-24-16-28-39(43(34)38)46(45)44(41)35-21-12-7-13-22-35/h5-31H,3-4H2,1-2H3. The van der Waals surface area contributed by atoms with E-state index in [0.717, 1.165) is 35.3 Å². The van der Waals surface area contributed by atoms with Gasteiger partial charge in [-0.25, -0.2) is 0 Å². The van der Waals surface area contributed by atoms with Crippen molar-refractivity contribution in [3.63, 3.8) is 0 Å². The van der Waals surface area contributed by atoms with E-state index in [0.29, 0.717) is 5.90 Å². The van der Waals surface area contributed by atoms with Gasteiger partial charge in [0.2, 0.25) is 5.90 Å². The van der Waals surface area contributed by atoms with Crippen LogP contribution in [0.25, 0.3) is 72.2 Å². The summed E-state index contributed by atoms with van der Waals surface area (Å²) in [6.45, 7) is 2.18. The number of rotatable bonds is 8. The van der Waals surface area contributed by atoms with Gasteiger partial charge in [0.15, 0.2) is 0 Å². The van der Waals surface area contributed by atoms with Crippen molar-refractivity contribution in [2.24, 2.45) is 4.99 Å². The molecule has 0 saturated heterocycles. The molecule has 2 nitrogen and oxygen atoms in total. The lowest BCUT2D eigenvalue weighted by atomic mass is 9.82. The fourth-order valence-corrected chi connectivity index (χ4v) is 7.22. The van der Waals surface area contributed by atoms with Gasteiger partial charge in [-0.15, -0.1) is 0 Å². The zero-order valence-electron chi connectivity index (χ0n) is 27.9. The van der Waals surface area contributed by atoms with Crippen molar-refractivity contribution in [1.82, 2.24) is 0 Å². The predicted molar refractivity (Wildman–Crippen MR) is 208 cm³/mol. The predicted octanol–water partition coefficient (Wildman–Crippen LogP) is 12.7. The molecule has 0 heterocycles. The van der Waals surface area contributed by atoms with Crippen molar-refractivity contribution in [3.8, 4) is 55.6 Å². The Bertz CT molecular complexity index is 2350. The number of hydrogen-bond donors (Lipinski definition) is 0. The SMILES string of the molecule is CCCC=C(OC(=NC)c1cccc(-c2cc(-c3ccccc3)c3c(c2-c2ccccc2)-c2cccc4cccc-3c24)c1)c1ccccc1. The van der Waals surface area contributed by atoms with Crippen LogP contribution in [0.2, 0.25) is 0 Å². The molecule has 0 atom stereocenters. The molecule has 0 amide bonds. The quantitative estimate of drug-likeness (QED) is 0.0929. The van der Waals surface area contributed by atoms with Gasteiger partial charge in [0.1, 0.15) is 5.76 Å². The average molecular weight is 632 g/mol. The van der Waals surface area contributed by atoms with E-state index >= 15 is 0 Å². The summed E-state index contributed by atoms with van der Waals surface area (Å²) < 4.78 is 6.64. The molecule has 2 heteroatoms. The maximum atomic E-state index is 6.64. The van der Waals surface area contributed by atoms with Gasteiger partial charge in [-0.2, -0.15) is 0 Å². The normalized spacial score (nSPS) is 12.3. The van der Waals surface area contributed by atoms with Gasteiger partial charge in [-0.1, -0.05) is 153 Å². The molecule has 0 radical (unpaired) electrons. The number of unbranched alkanes of at least 4 members (excludes halogenated alkanes) is 1. The molecule has 0 aromatic heterocycles. The van der Waals surface area contributed by atoms with E-state index in [1.807, 2.05) is 18.2 Å². The Labute approximate surface area is 288 Å². The number of aliphatic imine (C=N–C) groups is 1. The number of benzene rings is 7. The number of nitrogens with zero attached hydrogens (tertiary/aromatic N) is 1. The molecule has 49 heavy (non-hydrogen) atoms. The lowest BCUT2D eigenvalue weighted by Crippen LogP contribution is -2.07. The van der Waals surface area contributed by atoms with E-state index in [9.17, 15) is 0 Å². The molecule has 0 unspecified atom stereocenters. The van der Waals surface area contributed by atoms with Crippen LogP contribution in [-0.4, -0.2) is 12.9 Å². The molecular formula is C47H37NO. The van der Waals surface area contributed by atoms with Crippen LogP contribution >= 0.6 is 0 Å². The average Bonchev–Trinajstić information content (AvgIpc) is 3.51. The minimum atomic E-state index is 0.593. The fourth-order valence-electron chi connectivity index (χ4n) is 7.22. The molecule has 0 N–H and O–H groups in total. The molecule has 0 aliphatic heterocycles. The van der Waals surface area contributed by atoms with Gasteiger partial charge in [0, 0.05) is 18.2 Å². The van der Waals surface area contributed by atoms with E-state index in [1.165, 1.54) is 60.8 Å². The minimum absolute atomic E-state index is 0.593. The van der Waals surface area contributed by atoms with Crippen LogP contribution < -0.4 is 0 Å². The van der Waals surface area contributed by atoms with Crippen LogP contribution in [0.15, 0.2) is 169 Å². The Morgan fingerprint density at radius 2 is 1.10 bits per heavy atom. The molecule has 8 rings (SSSR count). The van der Waals surface area contributed by atoms with E-state index in [-0.39, 0.29) is 0 Å². The monoisotopic (exact) mass is 631 g/mol. The van der Waals surface area contributed by atoms with E-state index in [4.69, 9.17) is 4.74 Å². The Balaban J connectivity index is 1.36. The number of hydrogen-bond acceptors (Lipinski definition) is 2. The Hall–Kier alpha value is -5.99. The first-order valence-corrected chi connectivity index (χ1v) is 17.1. The molecule has 236 valence electrons. The fraction of sp³-hybridized carbons (Fsp3) is 0.0851. The van der Waals surface area contributed by atoms with E-state index < -0.39 is 0 Å². The van der Waals surface area contributed by atoms with Crippen molar-refractivity contribution in [2.45, 2.75) is 19.8 Å². The smallest absolute Gasteiger partial charge is 0.221 e. The van der Waals surface area contributed by atoms with Crippen molar-refractivity contribution >= 4 is 22.4 Å². The summed E-state index contributed by atoms with van der Waals surface area (Å²) in [5.41, 5.74) is 14.3. The molecule has 0 fully saturated rings. The maximum Gasteiger partial charge on any atom is 0.221 e. The highest BCUT2D eigenvalue weighted by Crippen LogP contribution is 2.57. The Morgan fingerprint density at radius 3 is 1.78 bits per heavy atom. The van der Waals surface area contributed by atoms with Crippen LogP contribution in [0.1, 0.15) is 30.9 Å². The summed E-state index contributed by atoms with van der Waals surface area (Å²) in [5.74, 6) is 1.42. The highest BCUT2D eigenvalue weighted by Gasteiger charge is 2.30. The second-order valence-corrected chi connectivity index (χ2v) is 12.5. The van der Waals surface area contributed by atoms with Gasteiger partial charge in [-0.3, -0.25) is 4.99 Å². The number of ether oxygens (including phenoxy) is 1. The Kier molecular flexibility index (Phi) is 8.21. The summed E-state index contributed by atoms with van der Waals surface area (Å²) in [4.78, 5) is 4.68. The highest BCUT2D eigenvalue weighted by molar-refractivity contribution is 6.22. The zero-order valence-corrected chi connectivity index (χ0v) is 27.9. The van der Waals surface area contributed by atoms with E-state index in [2.05, 4.69) is 158 Å². The summed E-state index contributed by atoms with van der Waals surface area (Å²) in [6, 6.07) is 56.4. The second-order valence-electron chi connectivity index (χ2n) is 12.5. The molecular weight excluding hydrogens is 595 g/mol. The maximum absolute atomic E-state index is 6.64. The van der Waals surface area contributed by atoms with Crippen LogP contribution in [-0.2, 0) is 4.74 Å². The number of fused-ring (bicyclic) bond motifs is 3. The summed E-state index contributed by atoms with van der Waals surface area (Å²) in [7, 11) is 1.81. The second kappa shape index (κ2) is 13.3. The van der Waals surface area contributed by atoms with Crippen LogP contribution in [0, 0.1) is 0 Å². The molecule has 0 saturated carbocycles. The van der Waals surface area contributed by atoms with Crippen molar-refractivity contribution in [1.29, 1.82) is 0 Å². The van der Waals surface area contributed by atoms with Crippen LogP contribution in [0.3, 0.4) is 0 Å². The summed E-state index contributed by atoms with van der Waals surface area (Å²) in [6.07, 6.45) is 4.13. The lowest BCUT2D eigenvalue weighted by Gasteiger charge is -2.21. The lowest BCUT2D eigenvalue weighted by molar-refractivity contribution is 0.505. The van der Waals surface area contributed by atoms with Gasteiger partial charge < -0.3 is 4.74 Å². The van der Waals surface area contributed by atoms with Crippen molar-refractivity contribution in [2.75, 3.05) is 7.05 Å². The number of allylic oxidation sites excluding steroid dienone is 1. The van der Waals surface area contributed by atoms with Gasteiger partial charge >= 0.3 is 0 Å². The highest BCUT2D eigenvalue weighted by atomic mass is 16.5. The van der Waals surface area contributed by atoms with Crippen molar-refractivity contribution in [3.05, 3.63) is 175 Å². The molecule has 1 aliphatic rings. The minimum Gasteiger partial charge on any atom is -0.438 e. The third kappa shape index (κ3) is 5.56. The molecule has 7 aromatic carbocycles. The molecule has 1 aliphatic carbocycles. The van der Waals surface area contributed by atoms with Crippen molar-refractivity contribution < 1.29 is 4.74 Å². The molecule has 0 spiro atoms. The molecule has 7 aromatic rings. The first-order valence-electron chi connectivity index (χ1n) is 17.1. The first-order chi connectivity index (χ1) is 24.2. The van der Waals surface area contributed by atoms with Crippen LogP contribution in [0.4, 0.5) is 0 Å². The first kappa shape index (κ1) is 30.4.